The van der Waals surface area contributed by atoms with E-state index in [1.165, 1.54) is 5.38 Å². The number of rotatable bonds is 13. The van der Waals surface area contributed by atoms with Gasteiger partial charge in [-0.1, -0.05) is 30.3 Å². The van der Waals surface area contributed by atoms with Gasteiger partial charge in [-0.2, -0.15) is 0 Å². The molecule has 38 heavy (non-hydrogen) atoms. The largest absolute Gasteiger partial charge is 0.476 e. The summed E-state index contributed by atoms with van der Waals surface area (Å²) in [5.74, 6) is -2.47. The van der Waals surface area contributed by atoms with E-state index in [2.05, 4.69) is 20.6 Å². The number of nitrogens with zero attached hydrogens (tertiary/aromatic N) is 3. The second-order valence-corrected chi connectivity index (χ2v) is 9.80. The molecule has 0 unspecified atom stereocenters. The van der Waals surface area contributed by atoms with Gasteiger partial charge in [-0.3, -0.25) is 19.4 Å². The number of carbonyl (C=O) groups excluding carboxylic acids is 3. The van der Waals surface area contributed by atoms with Gasteiger partial charge in [0.15, 0.2) is 16.7 Å². The summed E-state index contributed by atoms with van der Waals surface area (Å²) in [7, 11) is 1.71. The molecule has 0 saturated carbocycles. The van der Waals surface area contributed by atoms with E-state index >= 15 is 0 Å². The predicted molar refractivity (Wildman–Crippen MR) is 143 cm³/mol. The summed E-state index contributed by atoms with van der Waals surface area (Å²) in [5, 5.41) is 16.2. The van der Waals surface area contributed by atoms with Gasteiger partial charge in [-0.25, -0.2) is 9.78 Å². The van der Waals surface area contributed by atoms with E-state index in [4.69, 9.17) is 16.6 Å². The van der Waals surface area contributed by atoms with Crippen LogP contribution in [0.25, 0.3) is 0 Å². The Morgan fingerprint density at radius 2 is 1.95 bits per heavy atom. The quantitative estimate of drug-likeness (QED) is 0.103. The monoisotopic (exact) mass is 543 g/mol. The second-order valence-electron chi connectivity index (χ2n) is 8.94. The Labute approximate surface area is 224 Å². The Bertz CT molecular complexity index is 1170. The zero-order valence-electron chi connectivity index (χ0n) is 21.1. The standard InChI is InChI=1S/C25H33N7O5S/c1-28-17(13-15-7-3-2-4-8-15)23(35)32-12-6-10-19(32)21(34)30-16(9-5-11-29-25(26)27)20(33)22-31-18(14-38-22)24(36)37/h2-4,7-8,14,16-17,19,28H,5-6,9-13H2,1H3,(H,30,34)(H,36,37)(H4,26,27,29)/t16-,17+,19-/m0/s1. The van der Waals surface area contributed by atoms with Crippen LogP contribution in [0.3, 0.4) is 0 Å². The summed E-state index contributed by atoms with van der Waals surface area (Å²) in [5.41, 5.74) is 11.5. The Balaban J connectivity index is 1.73. The van der Waals surface area contributed by atoms with Crippen LogP contribution >= 0.6 is 11.3 Å². The molecule has 1 aromatic carbocycles. The molecule has 1 fully saturated rings. The van der Waals surface area contributed by atoms with Crippen molar-refractivity contribution in [2.75, 3.05) is 20.1 Å². The van der Waals surface area contributed by atoms with Crippen molar-refractivity contribution in [2.45, 2.75) is 50.2 Å². The Kier molecular flexibility index (Phi) is 10.3. The highest BCUT2D eigenvalue weighted by molar-refractivity contribution is 7.12. The maximum atomic E-state index is 13.4. The molecule has 204 valence electrons. The molecule has 1 aliphatic rings. The second kappa shape index (κ2) is 13.6. The lowest BCUT2D eigenvalue weighted by Crippen LogP contribution is -2.54. The van der Waals surface area contributed by atoms with Crippen LogP contribution in [-0.4, -0.2) is 82.8 Å². The minimum atomic E-state index is -1.25. The highest BCUT2D eigenvalue weighted by Gasteiger charge is 2.38. The van der Waals surface area contributed by atoms with Crippen LogP contribution in [0.1, 0.15) is 51.5 Å². The zero-order chi connectivity index (χ0) is 27.7. The Morgan fingerprint density at radius 3 is 2.58 bits per heavy atom. The van der Waals surface area contributed by atoms with E-state index in [9.17, 15) is 19.2 Å². The van der Waals surface area contributed by atoms with E-state index < -0.39 is 35.8 Å². The van der Waals surface area contributed by atoms with Crippen molar-refractivity contribution >= 4 is 40.9 Å². The number of carboxylic acids is 1. The number of Topliss-reactive ketones (excluding diaryl/α,β-unsaturated/α-hetero) is 1. The summed E-state index contributed by atoms with van der Waals surface area (Å²) in [6.07, 6.45) is 2.19. The van der Waals surface area contributed by atoms with Crippen molar-refractivity contribution in [1.82, 2.24) is 20.5 Å². The van der Waals surface area contributed by atoms with Crippen LogP contribution in [0.5, 0.6) is 0 Å². The summed E-state index contributed by atoms with van der Waals surface area (Å²) in [6, 6.07) is 7.39. The fourth-order valence-electron chi connectivity index (χ4n) is 4.34. The summed E-state index contributed by atoms with van der Waals surface area (Å²) in [4.78, 5) is 60.5. The van der Waals surface area contributed by atoms with Gasteiger partial charge in [0.2, 0.25) is 17.6 Å². The van der Waals surface area contributed by atoms with E-state index in [1.54, 1.807) is 11.9 Å². The van der Waals surface area contributed by atoms with E-state index in [0.717, 1.165) is 16.9 Å². The fraction of sp³-hybridized carbons (Fsp3) is 0.440. The Hall–Kier alpha value is -3.84. The molecule has 0 aliphatic carbocycles. The van der Waals surface area contributed by atoms with E-state index in [1.807, 2.05) is 30.3 Å². The molecule has 12 nitrogen and oxygen atoms in total. The molecule has 3 atom stereocenters. The van der Waals surface area contributed by atoms with Crippen LogP contribution < -0.4 is 22.1 Å². The number of thiazole rings is 1. The number of aliphatic imine (C=N–C) groups is 1. The minimum Gasteiger partial charge on any atom is -0.476 e. The first-order valence-corrected chi connectivity index (χ1v) is 13.2. The van der Waals surface area contributed by atoms with Gasteiger partial charge >= 0.3 is 5.97 Å². The third-order valence-corrected chi connectivity index (χ3v) is 7.14. The first-order chi connectivity index (χ1) is 18.2. The number of likely N-dealkylation sites (N-methyl/N-ethyl adjacent to an activating group) is 1. The maximum absolute atomic E-state index is 13.4. The maximum Gasteiger partial charge on any atom is 0.355 e. The molecule has 0 radical (unpaired) electrons. The van der Waals surface area contributed by atoms with Crippen molar-refractivity contribution < 1.29 is 24.3 Å². The number of ketones is 1. The van der Waals surface area contributed by atoms with Gasteiger partial charge in [0, 0.05) is 18.5 Å². The summed E-state index contributed by atoms with van der Waals surface area (Å²) < 4.78 is 0. The van der Waals surface area contributed by atoms with Crippen LogP contribution in [0.15, 0.2) is 40.7 Å². The van der Waals surface area contributed by atoms with Crippen LogP contribution in [0.2, 0.25) is 0 Å². The number of aromatic carboxylic acids is 1. The number of hydrogen-bond acceptors (Lipinski definition) is 8. The average molecular weight is 544 g/mol. The first-order valence-electron chi connectivity index (χ1n) is 12.3. The highest BCUT2D eigenvalue weighted by Crippen LogP contribution is 2.21. The molecule has 1 aromatic heterocycles. The van der Waals surface area contributed by atoms with Crippen LogP contribution in [0.4, 0.5) is 0 Å². The molecule has 1 saturated heterocycles. The number of carbonyl (C=O) groups is 4. The molecule has 0 spiro atoms. The number of hydrogen-bond donors (Lipinski definition) is 5. The van der Waals surface area contributed by atoms with Gasteiger partial charge in [-0.05, 0) is 44.7 Å². The van der Waals surface area contributed by atoms with Crippen LogP contribution in [-0.2, 0) is 16.0 Å². The number of guanidine groups is 1. The number of aromatic nitrogens is 1. The molecular weight excluding hydrogens is 510 g/mol. The third kappa shape index (κ3) is 7.59. The molecule has 7 N–H and O–H groups in total. The van der Waals surface area contributed by atoms with Crippen molar-refractivity contribution in [3.05, 3.63) is 52.0 Å². The van der Waals surface area contributed by atoms with Crippen molar-refractivity contribution in [3.8, 4) is 0 Å². The average Bonchev–Trinajstić information content (AvgIpc) is 3.59. The lowest BCUT2D eigenvalue weighted by Gasteiger charge is -2.29. The van der Waals surface area contributed by atoms with E-state index in [0.29, 0.717) is 32.2 Å². The molecule has 0 bridgehead atoms. The number of benzene rings is 1. The van der Waals surface area contributed by atoms with Crippen molar-refractivity contribution in [3.63, 3.8) is 0 Å². The number of amides is 2. The fourth-order valence-corrected chi connectivity index (χ4v) is 5.13. The third-order valence-electron chi connectivity index (χ3n) is 6.28. The van der Waals surface area contributed by atoms with Gasteiger partial charge in [0.05, 0.1) is 12.1 Å². The van der Waals surface area contributed by atoms with Crippen LogP contribution in [0, 0.1) is 0 Å². The van der Waals surface area contributed by atoms with Gasteiger partial charge in [-0.15, -0.1) is 11.3 Å². The van der Waals surface area contributed by atoms with E-state index in [-0.39, 0.29) is 35.5 Å². The SMILES string of the molecule is CN[C@H](Cc1ccccc1)C(=O)N1CCC[C@H]1C(=O)N[C@@H](CCCN=C(N)N)C(=O)c1nc(C(=O)O)cs1. The lowest BCUT2D eigenvalue weighted by atomic mass is 10.0. The topological polar surface area (TPSA) is 193 Å². The van der Waals surface area contributed by atoms with Gasteiger partial charge < -0.3 is 32.1 Å². The van der Waals surface area contributed by atoms with Crippen molar-refractivity contribution in [2.24, 2.45) is 16.5 Å². The summed E-state index contributed by atoms with van der Waals surface area (Å²) in [6.45, 7) is 0.680. The number of carboxylic acid groups (broad SMARTS) is 1. The van der Waals surface area contributed by atoms with Gasteiger partial charge in [0.25, 0.3) is 0 Å². The molecule has 2 amide bonds. The lowest BCUT2D eigenvalue weighted by molar-refractivity contribution is -0.140. The first kappa shape index (κ1) is 28.7. The molecule has 3 rings (SSSR count). The molecular formula is C25H33N7O5S. The van der Waals surface area contributed by atoms with Gasteiger partial charge in [0.1, 0.15) is 6.04 Å². The number of nitrogens with two attached hydrogens (primary N) is 2. The number of nitrogens with one attached hydrogen (secondary N) is 2. The molecule has 2 aromatic rings. The minimum absolute atomic E-state index is 0.0213. The Morgan fingerprint density at radius 1 is 1.21 bits per heavy atom. The number of likely N-dealkylation sites (tertiary alicyclic amines) is 1. The normalized spacial score (nSPS) is 16.4. The van der Waals surface area contributed by atoms with Crippen molar-refractivity contribution in [1.29, 1.82) is 0 Å². The predicted octanol–water partition coefficient (Wildman–Crippen LogP) is 0.384. The molecule has 1 aliphatic heterocycles. The zero-order valence-corrected chi connectivity index (χ0v) is 21.9. The highest BCUT2D eigenvalue weighted by atomic mass is 32.1. The molecule has 13 heteroatoms. The molecule has 2 heterocycles. The summed E-state index contributed by atoms with van der Waals surface area (Å²) >= 11 is 0.898. The smallest absolute Gasteiger partial charge is 0.355 e.